The van der Waals surface area contributed by atoms with E-state index in [1.54, 1.807) is 12.1 Å². The lowest BCUT2D eigenvalue weighted by Gasteiger charge is -2.57. The van der Waals surface area contributed by atoms with Crippen LogP contribution in [0.3, 0.4) is 0 Å². The summed E-state index contributed by atoms with van der Waals surface area (Å²) in [7, 11) is 0. The fourth-order valence-corrected chi connectivity index (χ4v) is 5.77. The van der Waals surface area contributed by atoms with Crippen molar-refractivity contribution in [2.45, 2.75) is 50.9 Å². The van der Waals surface area contributed by atoms with Gasteiger partial charge in [-0.05, 0) is 80.9 Å². The van der Waals surface area contributed by atoms with Crippen LogP contribution in [0.1, 0.15) is 49.7 Å². The molecule has 1 aromatic carbocycles. The molecule has 1 aromatic rings. The Morgan fingerprint density at radius 1 is 0.895 bits per heavy atom. The average Bonchev–Trinajstić information content (AvgIpc) is 2.32. The van der Waals surface area contributed by atoms with Gasteiger partial charge in [-0.3, -0.25) is 0 Å². The van der Waals surface area contributed by atoms with Crippen molar-refractivity contribution >= 4 is 0 Å². The molecule has 4 aliphatic rings. The third-order valence-electron chi connectivity index (χ3n) is 5.98. The summed E-state index contributed by atoms with van der Waals surface area (Å²) < 4.78 is 0. The van der Waals surface area contributed by atoms with E-state index < -0.39 is 0 Å². The van der Waals surface area contributed by atoms with E-state index >= 15 is 0 Å². The number of aromatic hydroxyl groups is 2. The second-order valence-corrected chi connectivity index (χ2v) is 7.30. The fourth-order valence-electron chi connectivity index (χ4n) is 5.77. The molecule has 102 valence electrons. The third-order valence-corrected chi connectivity index (χ3v) is 5.98. The highest BCUT2D eigenvalue weighted by molar-refractivity contribution is 5.51. The van der Waals surface area contributed by atoms with E-state index in [0.29, 0.717) is 11.5 Å². The number of hydrogen-bond donors (Lipinski definition) is 2. The number of rotatable bonds is 1. The molecule has 4 saturated carbocycles. The van der Waals surface area contributed by atoms with E-state index in [1.807, 2.05) is 6.92 Å². The van der Waals surface area contributed by atoms with Crippen LogP contribution >= 0.6 is 0 Å². The van der Waals surface area contributed by atoms with Crippen molar-refractivity contribution in [3.8, 4) is 11.5 Å². The first-order chi connectivity index (χ1) is 9.07. The van der Waals surface area contributed by atoms with Crippen LogP contribution < -0.4 is 0 Å². The number of hydrogen-bond acceptors (Lipinski definition) is 2. The van der Waals surface area contributed by atoms with Crippen LogP contribution in [-0.2, 0) is 5.41 Å². The maximum absolute atomic E-state index is 10.4. The van der Waals surface area contributed by atoms with Crippen molar-refractivity contribution in [2.24, 2.45) is 17.8 Å². The lowest BCUT2D eigenvalue weighted by Crippen LogP contribution is -2.48. The van der Waals surface area contributed by atoms with Gasteiger partial charge in [0.1, 0.15) is 11.5 Å². The molecule has 4 aliphatic carbocycles. The zero-order valence-corrected chi connectivity index (χ0v) is 11.5. The standard InChI is InChI=1S/C17H22O2/c1-10-14(18)2-3-15(19)16(10)17-7-11-4-12(8-17)6-13(5-11)9-17/h2-3,11-13,18-19H,4-9H2,1H3. The molecule has 0 unspecified atom stereocenters. The summed E-state index contributed by atoms with van der Waals surface area (Å²) in [5.74, 6) is 3.30. The summed E-state index contributed by atoms with van der Waals surface area (Å²) in [4.78, 5) is 0. The van der Waals surface area contributed by atoms with Crippen LogP contribution in [0.25, 0.3) is 0 Å². The van der Waals surface area contributed by atoms with Crippen LogP contribution in [-0.4, -0.2) is 10.2 Å². The van der Waals surface area contributed by atoms with E-state index in [2.05, 4.69) is 0 Å². The molecule has 4 fully saturated rings. The van der Waals surface area contributed by atoms with Gasteiger partial charge in [0.15, 0.2) is 0 Å². The van der Waals surface area contributed by atoms with E-state index in [4.69, 9.17) is 0 Å². The summed E-state index contributed by atoms with van der Waals surface area (Å²) in [5.41, 5.74) is 2.12. The van der Waals surface area contributed by atoms with Gasteiger partial charge in [-0.1, -0.05) is 0 Å². The molecular weight excluding hydrogens is 236 g/mol. The molecular formula is C17H22O2. The van der Waals surface area contributed by atoms with Crippen molar-refractivity contribution in [1.29, 1.82) is 0 Å². The zero-order valence-electron chi connectivity index (χ0n) is 11.5. The lowest BCUT2D eigenvalue weighted by molar-refractivity contribution is -0.00652. The molecule has 4 bridgehead atoms. The highest BCUT2D eigenvalue weighted by Crippen LogP contribution is 2.62. The van der Waals surface area contributed by atoms with E-state index in [0.717, 1.165) is 28.9 Å². The van der Waals surface area contributed by atoms with E-state index in [9.17, 15) is 10.2 Å². The summed E-state index contributed by atoms with van der Waals surface area (Å²) >= 11 is 0. The molecule has 2 nitrogen and oxygen atoms in total. The molecule has 0 radical (unpaired) electrons. The molecule has 2 heteroatoms. The summed E-state index contributed by atoms with van der Waals surface area (Å²) in [6.07, 6.45) is 7.86. The number of phenols is 2. The Labute approximate surface area is 114 Å². The Balaban J connectivity index is 1.86. The molecule has 5 rings (SSSR count). The normalized spacial score (nSPS) is 39.7. The first-order valence-corrected chi connectivity index (χ1v) is 7.59. The Hall–Kier alpha value is -1.18. The molecule has 0 amide bonds. The van der Waals surface area contributed by atoms with Crippen LogP contribution in [0.2, 0.25) is 0 Å². The van der Waals surface area contributed by atoms with Crippen LogP contribution in [0, 0.1) is 24.7 Å². The Kier molecular flexibility index (Phi) is 2.25. The minimum absolute atomic E-state index is 0.154. The van der Waals surface area contributed by atoms with Crippen molar-refractivity contribution in [3.05, 3.63) is 23.3 Å². The van der Waals surface area contributed by atoms with Crippen LogP contribution in [0.5, 0.6) is 11.5 Å². The van der Waals surface area contributed by atoms with Gasteiger partial charge in [0.2, 0.25) is 0 Å². The Bertz CT molecular complexity index is 497. The molecule has 2 N–H and O–H groups in total. The predicted octanol–water partition coefficient (Wildman–Crippen LogP) is 3.87. The molecule has 0 aliphatic heterocycles. The van der Waals surface area contributed by atoms with Gasteiger partial charge in [0.05, 0.1) is 0 Å². The first kappa shape index (κ1) is 11.6. The summed E-state index contributed by atoms with van der Waals surface area (Å²) in [6, 6.07) is 3.30. The van der Waals surface area contributed by atoms with Gasteiger partial charge in [0.25, 0.3) is 0 Å². The van der Waals surface area contributed by atoms with Crippen molar-refractivity contribution < 1.29 is 10.2 Å². The van der Waals surface area contributed by atoms with Crippen molar-refractivity contribution in [3.63, 3.8) is 0 Å². The highest BCUT2D eigenvalue weighted by Gasteiger charge is 2.52. The molecule has 0 spiro atoms. The molecule has 19 heavy (non-hydrogen) atoms. The SMILES string of the molecule is Cc1c(O)ccc(O)c1C12CC3CC(CC(C3)C1)C2. The minimum Gasteiger partial charge on any atom is -0.508 e. The Morgan fingerprint density at radius 2 is 1.37 bits per heavy atom. The Morgan fingerprint density at radius 3 is 1.89 bits per heavy atom. The molecule has 0 aromatic heterocycles. The lowest BCUT2D eigenvalue weighted by atomic mass is 9.47. The van der Waals surface area contributed by atoms with Gasteiger partial charge in [-0.25, -0.2) is 0 Å². The van der Waals surface area contributed by atoms with Crippen molar-refractivity contribution in [1.82, 2.24) is 0 Å². The first-order valence-electron chi connectivity index (χ1n) is 7.59. The van der Waals surface area contributed by atoms with Gasteiger partial charge < -0.3 is 10.2 Å². The second kappa shape index (κ2) is 3.68. The summed E-state index contributed by atoms with van der Waals surface area (Å²) in [5, 5.41) is 20.4. The van der Waals surface area contributed by atoms with E-state index in [-0.39, 0.29) is 5.41 Å². The maximum Gasteiger partial charge on any atom is 0.119 e. The van der Waals surface area contributed by atoms with E-state index in [1.165, 1.54) is 38.5 Å². The van der Waals surface area contributed by atoms with Gasteiger partial charge in [-0.15, -0.1) is 0 Å². The highest BCUT2D eigenvalue weighted by atomic mass is 16.3. The van der Waals surface area contributed by atoms with Gasteiger partial charge in [0, 0.05) is 11.0 Å². The molecule has 0 heterocycles. The summed E-state index contributed by atoms with van der Waals surface area (Å²) in [6.45, 7) is 1.96. The molecule has 0 atom stereocenters. The van der Waals surface area contributed by atoms with Gasteiger partial charge >= 0.3 is 0 Å². The molecule has 0 saturated heterocycles. The number of benzene rings is 1. The monoisotopic (exact) mass is 258 g/mol. The van der Waals surface area contributed by atoms with Crippen LogP contribution in [0.15, 0.2) is 12.1 Å². The fraction of sp³-hybridized carbons (Fsp3) is 0.647. The van der Waals surface area contributed by atoms with Crippen LogP contribution in [0.4, 0.5) is 0 Å². The zero-order chi connectivity index (χ0) is 13.2. The smallest absolute Gasteiger partial charge is 0.119 e. The second-order valence-electron chi connectivity index (χ2n) is 7.30. The van der Waals surface area contributed by atoms with Gasteiger partial charge in [-0.2, -0.15) is 0 Å². The predicted molar refractivity (Wildman–Crippen MR) is 74.4 cm³/mol. The minimum atomic E-state index is 0.154. The average molecular weight is 258 g/mol. The topological polar surface area (TPSA) is 40.5 Å². The third kappa shape index (κ3) is 1.55. The maximum atomic E-state index is 10.4. The quantitative estimate of drug-likeness (QED) is 0.751. The van der Waals surface area contributed by atoms with Crippen molar-refractivity contribution in [2.75, 3.05) is 0 Å². The largest absolute Gasteiger partial charge is 0.508 e. The number of phenolic OH excluding ortho intramolecular Hbond substituents is 2.